The molecule has 1 aliphatic rings. The zero-order valence-corrected chi connectivity index (χ0v) is 10.8. The molecule has 0 bridgehead atoms. The van der Waals surface area contributed by atoms with Gasteiger partial charge in [-0.15, -0.1) is 0 Å². The minimum Gasteiger partial charge on any atom is -0.460 e. The lowest BCUT2D eigenvalue weighted by Gasteiger charge is -2.25. The van der Waals surface area contributed by atoms with Crippen molar-refractivity contribution in [1.29, 1.82) is 0 Å². The van der Waals surface area contributed by atoms with Crippen LogP contribution in [0, 0.1) is 0 Å². The molecule has 0 aliphatic heterocycles. The van der Waals surface area contributed by atoms with Crippen LogP contribution in [0.15, 0.2) is 18.7 Å². The maximum absolute atomic E-state index is 5.74. The number of imidazole rings is 1. The summed E-state index contributed by atoms with van der Waals surface area (Å²) in [4.78, 5) is 16.9. The zero-order chi connectivity index (χ0) is 13.1. The molecule has 0 spiro atoms. The summed E-state index contributed by atoms with van der Waals surface area (Å²) >= 11 is 0. The molecule has 1 N–H and O–H groups in total. The lowest BCUT2D eigenvalue weighted by molar-refractivity contribution is 0.108. The lowest BCUT2D eigenvalue weighted by atomic mass is 9.96. The van der Waals surface area contributed by atoms with E-state index in [2.05, 4.69) is 25.3 Å². The number of rotatable bonds is 5. The van der Waals surface area contributed by atoms with Crippen LogP contribution in [0.5, 0.6) is 6.01 Å². The molecule has 100 valence electrons. The smallest absolute Gasteiger partial charge is 0.323 e. The van der Waals surface area contributed by atoms with Crippen molar-refractivity contribution in [2.45, 2.75) is 32.3 Å². The lowest BCUT2D eigenvalue weighted by Crippen LogP contribution is -2.26. The largest absolute Gasteiger partial charge is 0.460 e. The van der Waals surface area contributed by atoms with Crippen LogP contribution in [0.1, 0.15) is 26.2 Å². The van der Waals surface area contributed by atoms with E-state index < -0.39 is 0 Å². The Hall–Kier alpha value is -2.18. The normalized spacial score (nSPS) is 15.0. The molecule has 1 fully saturated rings. The van der Waals surface area contributed by atoms with Gasteiger partial charge in [-0.2, -0.15) is 15.0 Å². The number of anilines is 1. The summed E-state index contributed by atoms with van der Waals surface area (Å²) in [6.07, 6.45) is 8.72. The molecular weight excluding hydrogens is 244 g/mol. The average Bonchev–Trinajstić information content (AvgIpc) is 2.88. The maximum atomic E-state index is 5.74. The van der Waals surface area contributed by atoms with Crippen molar-refractivity contribution in [3.05, 3.63) is 18.7 Å². The van der Waals surface area contributed by atoms with E-state index in [1.807, 2.05) is 6.92 Å². The Morgan fingerprint density at radius 2 is 2.26 bits per heavy atom. The molecule has 1 saturated carbocycles. The van der Waals surface area contributed by atoms with Crippen molar-refractivity contribution in [2.24, 2.45) is 0 Å². The van der Waals surface area contributed by atoms with Crippen LogP contribution in [0.4, 0.5) is 5.95 Å². The molecule has 0 amide bonds. The van der Waals surface area contributed by atoms with E-state index in [4.69, 9.17) is 4.74 Å². The van der Waals surface area contributed by atoms with E-state index in [9.17, 15) is 0 Å². The first-order chi connectivity index (χ1) is 9.35. The van der Waals surface area contributed by atoms with Crippen molar-refractivity contribution in [2.75, 3.05) is 11.9 Å². The number of nitrogens with one attached hydrogen (secondary N) is 1. The minimum atomic E-state index is 0.243. The van der Waals surface area contributed by atoms with Crippen LogP contribution in [0.25, 0.3) is 5.95 Å². The molecule has 7 nitrogen and oxygen atoms in total. The van der Waals surface area contributed by atoms with Gasteiger partial charge in [0.05, 0.1) is 0 Å². The van der Waals surface area contributed by atoms with Crippen LogP contribution >= 0.6 is 0 Å². The highest BCUT2D eigenvalue weighted by Crippen LogP contribution is 2.23. The van der Waals surface area contributed by atoms with E-state index in [-0.39, 0.29) is 6.10 Å². The summed E-state index contributed by atoms with van der Waals surface area (Å²) in [5.41, 5.74) is 0. The molecule has 0 saturated heterocycles. The summed E-state index contributed by atoms with van der Waals surface area (Å²) in [6, 6.07) is 0.374. The number of hydrogen-bond donors (Lipinski definition) is 1. The van der Waals surface area contributed by atoms with Gasteiger partial charge in [-0.3, -0.25) is 4.57 Å². The molecule has 0 aromatic carbocycles. The predicted octanol–water partition coefficient (Wildman–Crippen LogP) is 1.42. The summed E-state index contributed by atoms with van der Waals surface area (Å²) in [7, 11) is 0. The number of hydrogen-bond acceptors (Lipinski definition) is 6. The second-order valence-electron chi connectivity index (χ2n) is 4.41. The summed E-state index contributed by atoms with van der Waals surface area (Å²) in [5.74, 6) is 1.04. The molecule has 3 rings (SSSR count). The monoisotopic (exact) mass is 260 g/mol. The maximum Gasteiger partial charge on any atom is 0.323 e. The van der Waals surface area contributed by atoms with Gasteiger partial charge in [0.25, 0.3) is 0 Å². The Bertz CT molecular complexity index is 537. The van der Waals surface area contributed by atoms with Crippen LogP contribution in [0.2, 0.25) is 0 Å². The average molecular weight is 260 g/mol. The van der Waals surface area contributed by atoms with Crippen molar-refractivity contribution >= 4 is 5.95 Å². The summed E-state index contributed by atoms with van der Waals surface area (Å²) in [6.45, 7) is 2.74. The standard InChI is InChI=1S/C12H16N6O/c1-2-14-10-15-11(18-7-6-13-8-18)17-12(16-10)19-9-4-3-5-9/h6-9H,2-5H2,1H3,(H,14,15,16,17). The highest BCUT2D eigenvalue weighted by atomic mass is 16.5. The second-order valence-corrected chi connectivity index (χ2v) is 4.41. The molecule has 19 heavy (non-hydrogen) atoms. The van der Waals surface area contributed by atoms with Gasteiger partial charge < -0.3 is 10.1 Å². The van der Waals surface area contributed by atoms with Crippen molar-refractivity contribution in [1.82, 2.24) is 24.5 Å². The van der Waals surface area contributed by atoms with Gasteiger partial charge in [0.15, 0.2) is 0 Å². The Morgan fingerprint density at radius 1 is 1.37 bits per heavy atom. The van der Waals surface area contributed by atoms with Gasteiger partial charge in [0.1, 0.15) is 12.4 Å². The minimum absolute atomic E-state index is 0.243. The summed E-state index contributed by atoms with van der Waals surface area (Å²) in [5, 5.41) is 3.08. The van der Waals surface area contributed by atoms with Crippen molar-refractivity contribution in [3.8, 4) is 12.0 Å². The summed E-state index contributed by atoms with van der Waals surface area (Å²) < 4.78 is 7.47. The van der Waals surface area contributed by atoms with E-state index in [1.54, 1.807) is 23.3 Å². The van der Waals surface area contributed by atoms with E-state index in [0.29, 0.717) is 17.9 Å². The molecule has 0 atom stereocenters. The van der Waals surface area contributed by atoms with Gasteiger partial charge in [-0.25, -0.2) is 4.98 Å². The first kappa shape index (κ1) is 11.9. The van der Waals surface area contributed by atoms with Crippen LogP contribution < -0.4 is 10.1 Å². The fourth-order valence-electron chi connectivity index (χ4n) is 1.77. The highest BCUT2D eigenvalue weighted by Gasteiger charge is 2.21. The fraction of sp³-hybridized carbons (Fsp3) is 0.500. The first-order valence-electron chi connectivity index (χ1n) is 6.50. The Labute approximate surface area is 111 Å². The van der Waals surface area contributed by atoms with E-state index in [1.165, 1.54) is 6.42 Å². The van der Waals surface area contributed by atoms with Gasteiger partial charge >= 0.3 is 6.01 Å². The molecule has 2 aromatic rings. The Morgan fingerprint density at radius 3 is 2.89 bits per heavy atom. The molecule has 0 radical (unpaired) electrons. The van der Waals surface area contributed by atoms with E-state index >= 15 is 0 Å². The molecule has 2 aromatic heterocycles. The molecule has 7 heteroatoms. The third-order valence-corrected chi connectivity index (χ3v) is 3.00. The van der Waals surface area contributed by atoms with Crippen LogP contribution in [0.3, 0.4) is 0 Å². The number of aromatic nitrogens is 5. The third-order valence-electron chi connectivity index (χ3n) is 3.00. The Kier molecular flexibility index (Phi) is 3.26. The molecule has 2 heterocycles. The molecule has 0 unspecified atom stereocenters. The van der Waals surface area contributed by atoms with Gasteiger partial charge in [-0.1, -0.05) is 0 Å². The third kappa shape index (κ3) is 2.64. The van der Waals surface area contributed by atoms with Crippen molar-refractivity contribution < 1.29 is 4.74 Å². The van der Waals surface area contributed by atoms with Crippen LogP contribution in [-0.2, 0) is 0 Å². The zero-order valence-electron chi connectivity index (χ0n) is 10.8. The van der Waals surface area contributed by atoms with Gasteiger partial charge in [-0.05, 0) is 26.2 Å². The number of ether oxygens (including phenoxy) is 1. The SMILES string of the molecule is CCNc1nc(OC2CCC2)nc(-n2ccnc2)n1. The van der Waals surface area contributed by atoms with Crippen LogP contribution in [-0.4, -0.2) is 37.2 Å². The quantitative estimate of drug-likeness (QED) is 0.876. The predicted molar refractivity (Wildman–Crippen MR) is 69.4 cm³/mol. The first-order valence-corrected chi connectivity index (χ1v) is 6.50. The van der Waals surface area contributed by atoms with E-state index in [0.717, 1.165) is 19.4 Å². The Balaban J connectivity index is 1.89. The topological polar surface area (TPSA) is 77.8 Å². The van der Waals surface area contributed by atoms with Gasteiger partial charge in [0, 0.05) is 18.9 Å². The number of nitrogens with zero attached hydrogens (tertiary/aromatic N) is 5. The highest BCUT2D eigenvalue weighted by molar-refractivity contribution is 5.30. The van der Waals surface area contributed by atoms with Gasteiger partial charge in [0.2, 0.25) is 11.9 Å². The molecular formula is C12H16N6O. The molecule has 1 aliphatic carbocycles. The van der Waals surface area contributed by atoms with Crippen molar-refractivity contribution in [3.63, 3.8) is 0 Å². The fourth-order valence-corrected chi connectivity index (χ4v) is 1.77. The second kappa shape index (κ2) is 5.21.